The first kappa shape index (κ1) is 16.4. The van der Waals surface area contributed by atoms with Crippen LogP contribution >= 0.6 is 0 Å². The molecule has 2 heteroatoms. The minimum Gasteiger partial charge on any atom is -0.325 e. The summed E-state index contributed by atoms with van der Waals surface area (Å²) < 4.78 is 0. The van der Waals surface area contributed by atoms with Crippen LogP contribution < -0.4 is 9.80 Å². The number of rotatable bonds is 8. The Kier molecular flexibility index (Phi) is 5.59. The molecule has 2 nitrogen and oxygen atoms in total. The van der Waals surface area contributed by atoms with Crippen molar-refractivity contribution in [2.24, 2.45) is 0 Å². The van der Waals surface area contributed by atoms with Crippen LogP contribution in [0.4, 0.5) is 11.4 Å². The molecule has 0 aliphatic carbocycles. The molecule has 116 valence electrons. The maximum Gasteiger partial charge on any atom is 0.0505 e. The minimum atomic E-state index is 0.794. The lowest BCUT2D eigenvalue weighted by atomic mass is 10.00. The van der Waals surface area contributed by atoms with Gasteiger partial charge in [0.2, 0.25) is 0 Å². The van der Waals surface area contributed by atoms with Crippen molar-refractivity contribution in [3.63, 3.8) is 0 Å². The van der Waals surface area contributed by atoms with Gasteiger partial charge in [0.05, 0.1) is 11.4 Å². The van der Waals surface area contributed by atoms with Crippen LogP contribution in [0.25, 0.3) is 0 Å². The molecule has 0 atom stereocenters. The van der Waals surface area contributed by atoms with Crippen molar-refractivity contribution >= 4 is 11.4 Å². The predicted octanol–water partition coefficient (Wildman–Crippen LogP) is 5.46. The summed E-state index contributed by atoms with van der Waals surface area (Å²) in [5, 5.41) is 0. The summed E-state index contributed by atoms with van der Waals surface area (Å²) in [4.78, 5) is 3.85. The normalized spacial score (nSPS) is 9.74. The van der Waals surface area contributed by atoms with E-state index in [1.165, 1.54) is 11.1 Å². The van der Waals surface area contributed by atoms with Crippen LogP contribution in [-0.4, -0.2) is 0 Å². The number of anilines is 2. The summed E-state index contributed by atoms with van der Waals surface area (Å²) in [6.07, 6.45) is 7.82. The molecular weight excluding hydrogens is 280 g/mol. The first-order valence-corrected chi connectivity index (χ1v) is 7.47. The zero-order valence-corrected chi connectivity index (χ0v) is 13.4. The molecule has 0 unspecified atom stereocenters. The summed E-state index contributed by atoms with van der Waals surface area (Å²) in [5.74, 6) is 0. The smallest absolute Gasteiger partial charge is 0.0505 e. The molecule has 0 saturated carbocycles. The van der Waals surface area contributed by atoms with Crippen molar-refractivity contribution < 1.29 is 0 Å². The fourth-order valence-electron chi connectivity index (χ4n) is 2.57. The van der Waals surface area contributed by atoms with E-state index in [1.54, 1.807) is 24.8 Å². The summed E-state index contributed by atoms with van der Waals surface area (Å²) in [6, 6.07) is 16.5. The predicted molar refractivity (Wildman–Crippen MR) is 101 cm³/mol. The van der Waals surface area contributed by atoms with Crippen LogP contribution in [0, 0.1) is 0 Å². The number of benzene rings is 2. The fourth-order valence-corrected chi connectivity index (χ4v) is 2.57. The second-order valence-electron chi connectivity index (χ2n) is 4.98. The Labute approximate surface area is 139 Å². The van der Waals surface area contributed by atoms with Gasteiger partial charge in [-0.3, -0.25) is 0 Å². The van der Waals surface area contributed by atoms with Gasteiger partial charge >= 0.3 is 0 Å². The van der Waals surface area contributed by atoms with Gasteiger partial charge in [-0.05, 0) is 17.7 Å². The fraction of sp³-hybridized carbons (Fsp3) is 0.0476. The highest BCUT2D eigenvalue weighted by Crippen LogP contribution is 2.33. The van der Waals surface area contributed by atoms with E-state index in [0.717, 1.165) is 17.8 Å². The third kappa shape index (κ3) is 3.61. The molecule has 0 amide bonds. The van der Waals surface area contributed by atoms with E-state index < -0.39 is 0 Å². The third-order valence-electron chi connectivity index (χ3n) is 3.69. The van der Waals surface area contributed by atoms with E-state index in [1.807, 2.05) is 21.9 Å². The number of hydrogen-bond donors (Lipinski definition) is 0. The average molecular weight is 302 g/mol. The second kappa shape index (κ2) is 7.85. The van der Waals surface area contributed by atoms with Gasteiger partial charge in [-0.1, -0.05) is 62.7 Å². The molecule has 0 fully saturated rings. The number of nitrogens with zero attached hydrogens (tertiary/aromatic N) is 2. The molecule has 0 aromatic heterocycles. The Balaban J connectivity index is 2.60. The molecule has 0 saturated heterocycles. The standard InChI is InChI=1S/C21H22N2/c1-5-22(6-2)20-15-12-16-21(23(7-3)8-4)19(20)17-18-13-10-9-11-14-18/h5-16H,1-4,17H2. The molecule has 0 spiro atoms. The van der Waals surface area contributed by atoms with E-state index in [4.69, 9.17) is 0 Å². The van der Waals surface area contributed by atoms with Gasteiger partial charge in [-0.2, -0.15) is 0 Å². The van der Waals surface area contributed by atoms with Crippen molar-refractivity contribution in [3.05, 3.63) is 111 Å². The van der Waals surface area contributed by atoms with Crippen molar-refractivity contribution in [1.82, 2.24) is 0 Å². The lowest BCUT2D eigenvalue weighted by Gasteiger charge is -2.25. The molecule has 0 aliphatic rings. The van der Waals surface area contributed by atoms with Gasteiger partial charge in [0.15, 0.2) is 0 Å². The minimum absolute atomic E-state index is 0.794. The summed E-state index contributed by atoms with van der Waals surface area (Å²) in [5.41, 5.74) is 4.50. The molecule has 23 heavy (non-hydrogen) atoms. The van der Waals surface area contributed by atoms with Gasteiger partial charge in [-0.15, -0.1) is 0 Å². The first-order valence-electron chi connectivity index (χ1n) is 7.47. The summed E-state index contributed by atoms with van der Waals surface area (Å²) in [6.45, 7) is 15.5. The van der Waals surface area contributed by atoms with E-state index in [-0.39, 0.29) is 0 Å². The SMILES string of the molecule is C=CN(C=C)c1cccc(N(C=C)C=C)c1Cc1ccccc1. The van der Waals surface area contributed by atoms with Crippen molar-refractivity contribution in [2.75, 3.05) is 9.80 Å². The van der Waals surface area contributed by atoms with Crippen molar-refractivity contribution in [2.45, 2.75) is 6.42 Å². The molecule has 2 rings (SSSR count). The molecular formula is C21H22N2. The van der Waals surface area contributed by atoms with Crippen LogP contribution in [0.5, 0.6) is 0 Å². The molecule has 0 radical (unpaired) electrons. The largest absolute Gasteiger partial charge is 0.325 e. The van der Waals surface area contributed by atoms with Crippen molar-refractivity contribution in [1.29, 1.82) is 0 Å². The maximum absolute atomic E-state index is 3.87. The van der Waals surface area contributed by atoms with E-state index >= 15 is 0 Å². The van der Waals surface area contributed by atoms with Crippen molar-refractivity contribution in [3.8, 4) is 0 Å². The Bertz CT molecular complexity index is 647. The van der Waals surface area contributed by atoms with Gasteiger partial charge in [0.25, 0.3) is 0 Å². The molecule has 0 heterocycles. The molecule has 0 aliphatic heterocycles. The maximum atomic E-state index is 3.87. The highest BCUT2D eigenvalue weighted by atomic mass is 15.1. The third-order valence-corrected chi connectivity index (χ3v) is 3.69. The second-order valence-corrected chi connectivity index (χ2v) is 4.98. The Hall–Kier alpha value is -3.00. The molecule has 0 N–H and O–H groups in total. The number of hydrogen-bond acceptors (Lipinski definition) is 2. The zero-order valence-electron chi connectivity index (χ0n) is 13.4. The average Bonchev–Trinajstić information content (AvgIpc) is 2.60. The lowest BCUT2D eigenvalue weighted by molar-refractivity contribution is 1.12. The Morgan fingerprint density at radius 2 is 1.13 bits per heavy atom. The molecule has 2 aromatic carbocycles. The van der Waals surface area contributed by atoms with Gasteiger partial charge in [-0.25, -0.2) is 0 Å². The topological polar surface area (TPSA) is 6.48 Å². The molecule has 2 aromatic rings. The molecule has 0 bridgehead atoms. The van der Waals surface area contributed by atoms with Gasteiger partial charge in [0, 0.05) is 36.8 Å². The highest BCUT2D eigenvalue weighted by Gasteiger charge is 2.14. The Morgan fingerprint density at radius 3 is 1.57 bits per heavy atom. The van der Waals surface area contributed by atoms with E-state index in [9.17, 15) is 0 Å². The van der Waals surface area contributed by atoms with Crippen LogP contribution in [0.1, 0.15) is 11.1 Å². The van der Waals surface area contributed by atoms with Gasteiger partial charge < -0.3 is 9.80 Å². The van der Waals surface area contributed by atoms with E-state index in [2.05, 4.69) is 62.7 Å². The van der Waals surface area contributed by atoms with Crippen LogP contribution in [0.3, 0.4) is 0 Å². The van der Waals surface area contributed by atoms with Gasteiger partial charge in [0.1, 0.15) is 0 Å². The highest BCUT2D eigenvalue weighted by molar-refractivity contribution is 5.72. The monoisotopic (exact) mass is 302 g/mol. The van der Waals surface area contributed by atoms with Crippen LogP contribution in [0.15, 0.2) is 99.6 Å². The van der Waals surface area contributed by atoms with Crippen LogP contribution in [0.2, 0.25) is 0 Å². The van der Waals surface area contributed by atoms with E-state index in [0.29, 0.717) is 0 Å². The summed E-state index contributed by atoms with van der Waals surface area (Å²) >= 11 is 0. The first-order chi connectivity index (χ1) is 11.2. The Morgan fingerprint density at radius 1 is 0.652 bits per heavy atom. The quantitative estimate of drug-likeness (QED) is 0.638. The lowest BCUT2D eigenvalue weighted by Crippen LogP contribution is -2.14. The zero-order chi connectivity index (χ0) is 16.7. The summed E-state index contributed by atoms with van der Waals surface area (Å²) in [7, 11) is 0. The van der Waals surface area contributed by atoms with Crippen LogP contribution in [-0.2, 0) is 6.42 Å².